The van der Waals surface area contributed by atoms with Crippen molar-refractivity contribution in [3.8, 4) is 0 Å². The molecule has 0 radical (unpaired) electrons. The lowest BCUT2D eigenvalue weighted by molar-refractivity contribution is 0.0234. The van der Waals surface area contributed by atoms with Crippen molar-refractivity contribution in [3.63, 3.8) is 0 Å². The average molecular weight is 192 g/mol. The third-order valence-electron chi connectivity index (χ3n) is 2.51. The van der Waals surface area contributed by atoms with Crippen LogP contribution in [0.15, 0.2) is 30.3 Å². The lowest BCUT2D eigenvalue weighted by Crippen LogP contribution is -2.48. The Labute approximate surface area is 84.7 Å². The highest BCUT2D eigenvalue weighted by Crippen LogP contribution is 2.15. The van der Waals surface area contributed by atoms with E-state index in [2.05, 4.69) is 34.5 Å². The van der Waals surface area contributed by atoms with Crippen molar-refractivity contribution in [3.05, 3.63) is 30.3 Å². The third kappa shape index (κ3) is 2.05. The Balaban J connectivity index is 2.04. The largest absolute Gasteiger partial charge is 0.365 e. The number of likely N-dealkylation sites (N-methyl/N-ethyl adjacent to an activating group) is 1. The Morgan fingerprint density at radius 1 is 1.36 bits per heavy atom. The van der Waals surface area contributed by atoms with E-state index in [1.165, 1.54) is 5.69 Å². The minimum atomic E-state index is 0.156. The molecular formula is C11H16N2O. The van der Waals surface area contributed by atoms with E-state index < -0.39 is 0 Å². The molecule has 1 heterocycles. The van der Waals surface area contributed by atoms with Gasteiger partial charge < -0.3 is 9.64 Å². The van der Waals surface area contributed by atoms with Crippen molar-refractivity contribution >= 4 is 5.69 Å². The van der Waals surface area contributed by atoms with Gasteiger partial charge in [-0.3, -0.25) is 5.32 Å². The Hall–Kier alpha value is -1.06. The summed E-state index contributed by atoms with van der Waals surface area (Å²) in [4.78, 5) is 2.34. The lowest BCUT2D eigenvalue weighted by Gasteiger charge is -2.34. The van der Waals surface area contributed by atoms with Gasteiger partial charge in [-0.05, 0) is 19.2 Å². The molecule has 3 nitrogen and oxygen atoms in total. The summed E-state index contributed by atoms with van der Waals surface area (Å²) in [7, 11) is 1.93. The molecule has 1 fully saturated rings. The molecule has 1 aromatic rings. The van der Waals surface area contributed by atoms with E-state index >= 15 is 0 Å². The fourth-order valence-corrected chi connectivity index (χ4v) is 1.70. The molecule has 0 amide bonds. The molecule has 1 aliphatic heterocycles. The number of nitrogens with zero attached hydrogens (tertiary/aromatic N) is 1. The zero-order valence-corrected chi connectivity index (χ0v) is 8.44. The zero-order valence-electron chi connectivity index (χ0n) is 8.44. The molecule has 0 saturated carbocycles. The van der Waals surface area contributed by atoms with E-state index in [-0.39, 0.29) is 6.23 Å². The second-order valence-electron chi connectivity index (χ2n) is 3.43. The minimum absolute atomic E-state index is 0.156. The quantitative estimate of drug-likeness (QED) is 0.758. The van der Waals surface area contributed by atoms with E-state index in [4.69, 9.17) is 4.74 Å². The average Bonchev–Trinajstić information content (AvgIpc) is 2.30. The molecule has 0 aliphatic carbocycles. The molecular weight excluding hydrogens is 176 g/mol. The molecule has 1 aromatic carbocycles. The minimum Gasteiger partial charge on any atom is -0.365 e. The van der Waals surface area contributed by atoms with Crippen LogP contribution in [0, 0.1) is 0 Å². The molecule has 1 aliphatic rings. The van der Waals surface area contributed by atoms with Crippen molar-refractivity contribution in [2.75, 3.05) is 31.6 Å². The summed E-state index contributed by atoms with van der Waals surface area (Å²) in [5.74, 6) is 0. The predicted octanol–water partition coefficient (Wildman–Crippen LogP) is 1.07. The van der Waals surface area contributed by atoms with Gasteiger partial charge in [0, 0.05) is 12.2 Å². The van der Waals surface area contributed by atoms with Crippen molar-refractivity contribution in [1.29, 1.82) is 0 Å². The van der Waals surface area contributed by atoms with Gasteiger partial charge in [-0.25, -0.2) is 0 Å². The molecule has 0 aromatic heterocycles. The highest BCUT2D eigenvalue weighted by atomic mass is 16.5. The number of nitrogens with one attached hydrogen (secondary N) is 1. The van der Waals surface area contributed by atoms with Gasteiger partial charge in [0.05, 0.1) is 13.2 Å². The summed E-state index contributed by atoms with van der Waals surface area (Å²) in [6, 6.07) is 10.5. The summed E-state index contributed by atoms with van der Waals surface area (Å²) < 4.78 is 5.53. The summed E-state index contributed by atoms with van der Waals surface area (Å²) >= 11 is 0. The van der Waals surface area contributed by atoms with Crippen molar-refractivity contribution in [2.45, 2.75) is 6.23 Å². The third-order valence-corrected chi connectivity index (χ3v) is 2.51. The van der Waals surface area contributed by atoms with Crippen LogP contribution in [0.3, 0.4) is 0 Å². The van der Waals surface area contributed by atoms with Gasteiger partial charge in [0.2, 0.25) is 0 Å². The van der Waals surface area contributed by atoms with Crippen LogP contribution in [0.4, 0.5) is 5.69 Å². The van der Waals surface area contributed by atoms with Crippen LogP contribution >= 0.6 is 0 Å². The van der Waals surface area contributed by atoms with Crippen molar-refractivity contribution < 1.29 is 4.74 Å². The van der Waals surface area contributed by atoms with Crippen LogP contribution in [0.2, 0.25) is 0 Å². The number of morpholine rings is 1. The molecule has 14 heavy (non-hydrogen) atoms. The van der Waals surface area contributed by atoms with Gasteiger partial charge in [0.25, 0.3) is 0 Å². The zero-order chi connectivity index (χ0) is 9.80. The van der Waals surface area contributed by atoms with E-state index in [0.717, 1.165) is 19.7 Å². The van der Waals surface area contributed by atoms with Crippen LogP contribution in [0.1, 0.15) is 0 Å². The number of hydrogen-bond donors (Lipinski definition) is 1. The number of benzene rings is 1. The summed E-state index contributed by atoms with van der Waals surface area (Å²) in [5.41, 5.74) is 1.27. The number of para-hydroxylation sites is 1. The molecule has 76 valence electrons. The maximum Gasteiger partial charge on any atom is 0.125 e. The second-order valence-corrected chi connectivity index (χ2v) is 3.43. The normalized spacial score (nSPS) is 22.4. The van der Waals surface area contributed by atoms with Gasteiger partial charge in [0.1, 0.15) is 6.23 Å². The molecule has 1 atom stereocenters. The van der Waals surface area contributed by atoms with Crippen LogP contribution in [-0.2, 0) is 4.74 Å². The van der Waals surface area contributed by atoms with E-state index in [1.54, 1.807) is 0 Å². The van der Waals surface area contributed by atoms with Gasteiger partial charge in [-0.2, -0.15) is 0 Å². The number of ether oxygens (including phenoxy) is 1. The maximum absolute atomic E-state index is 5.53. The molecule has 1 saturated heterocycles. The van der Waals surface area contributed by atoms with Gasteiger partial charge in [0.15, 0.2) is 0 Å². The molecule has 0 spiro atoms. The first-order valence-electron chi connectivity index (χ1n) is 4.99. The molecule has 2 rings (SSSR count). The fourth-order valence-electron chi connectivity index (χ4n) is 1.70. The van der Waals surface area contributed by atoms with Crippen LogP contribution in [0.25, 0.3) is 0 Å². The first kappa shape index (κ1) is 9.49. The maximum atomic E-state index is 5.53. The van der Waals surface area contributed by atoms with E-state index in [9.17, 15) is 0 Å². The molecule has 3 heteroatoms. The Kier molecular flexibility index (Phi) is 3.01. The van der Waals surface area contributed by atoms with Crippen molar-refractivity contribution in [1.82, 2.24) is 5.32 Å². The van der Waals surface area contributed by atoms with Crippen molar-refractivity contribution in [2.24, 2.45) is 0 Å². The van der Waals surface area contributed by atoms with Crippen LogP contribution in [-0.4, -0.2) is 33.0 Å². The van der Waals surface area contributed by atoms with E-state index in [0.29, 0.717) is 0 Å². The topological polar surface area (TPSA) is 24.5 Å². The Morgan fingerprint density at radius 2 is 2.14 bits per heavy atom. The lowest BCUT2D eigenvalue weighted by atomic mass is 10.2. The number of anilines is 1. The van der Waals surface area contributed by atoms with Crippen LogP contribution in [0.5, 0.6) is 0 Å². The second kappa shape index (κ2) is 4.44. The monoisotopic (exact) mass is 192 g/mol. The molecule has 1 unspecified atom stereocenters. The Morgan fingerprint density at radius 3 is 2.86 bits per heavy atom. The fraction of sp³-hybridized carbons (Fsp3) is 0.455. The summed E-state index contributed by atoms with van der Waals surface area (Å²) in [6.07, 6.45) is 0.156. The summed E-state index contributed by atoms with van der Waals surface area (Å²) in [5, 5.41) is 3.14. The Bertz CT molecular complexity index is 276. The highest BCUT2D eigenvalue weighted by Gasteiger charge is 2.18. The van der Waals surface area contributed by atoms with Crippen LogP contribution < -0.4 is 10.2 Å². The first-order valence-corrected chi connectivity index (χ1v) is 4.99. The predicted molar refractivity (Wildman–Crippen MR) is 57.5 cm³/mol. The smallest absolute Gasteiger partial charge is 0.125 e. The number of hydrogen-bond acceptors (Lipinski definition) is 3. The number of rotatable bonds is 2. The summed E-state index contributed by atoms with van der Waals surface area (Å²) in [6.45, 7) is 2.68. The van der Waals surface area contributed by atoms with Gasteiger partial charge in [-0.15, -0.1) is 0 Å². The van der Waals surface area contributed by atoms with E-state index in [1.807, 2.05) is 13.1 Å². The standard InChI is InChI=1S/C11H16N2O/c1-12-11-9-13(7-8-14-11)10-5-3-2-4-6-10/h2-6,11-12H,7-9H2,1H3. The SMILES string of the molecule is CNC1CN(c2ccccc2)CCO1. The van der Waals surface area contributed by atoms with Gasteiger partial charge >= 0.3 is 0 Å². The molecule has 0 bridgehead atoms. The first-order chi connectivity index (χ1) is 6.90. The highest BCUT2D eigenvalue weighted by molar-refractivity contribution is 5.46. The van der Waals surface area contributed by atoms with Gasteiger partial charge in [-0.1, -0.05) is 18.2 Å². The molecule has 1 N–H and O–H groups in total.